The molecule has 1 heterocycles. The van der Waals surface area contributed by atoms with Crippen molar-refractivity contribution in [3.8, 4) is 6.07 Å². The van der Waals surface area contributed by atoms with Gasteiger partial charge in [0, 0.05) is 12.1 Å². The minimum atomic E-state index is -0.167. The zero-order chi connectivity index (χ0) is 11.3. The first-order valence-electron chi connectivity index (χ1n) is 4.72. The van der Waals surface area contributed by atoms with Crippen LogP contribution < -0.4 is 0 Å². The number of nitrogens with zero attached hydrogens (tertiary/aromatic N) is 2. The third-order valence-corrected chi connectivity index (χ3v) is 1.89. The molecular weight excluding hydrogens is 188 g/mol. The van der Waals surface area contributed by atoms with Crippen LogP contribution in [0.2, 0.25) is 0 Å². The van der Waals surface area contributed by atoms with Crippen LogP contribution in [0.3, 0.4) is 0 Å². The first kappa shape index (κ1) is 11.1. The lowest BCUT2D eigenvalue weighted by Crippen LogP contribution is -2.08. The van der Waals surface area contributed by atoms with E-state index in [9.17, 15) is 4.79 Å². The van der Waals surface area contributed by atoms with Gasteiger partial charge in [-0.05, 0) is 18.2 Å². The molecule has 0 fully saturated rings. The fourth-order valence-corrected chi connectivity index (χ4v) is 1.08. The minimum absolute atomic E-state index is 0.150. The summed E-state index contributed by atoms with van der Waals surface area (Å²) < 4.78 is 0. The van der Waals surface area contributed by atoms with E-state index in [1.54, 1.807) is 32.2 Å². The predicted molar refractivity (Wildman–Crippen MR) is 57.7 cm³/mol. The van der Waals surface area contributed by atoms with E-state index in [4.69, 9.17) is 5.26 Å². The summed E-state index contributed by atoms with van der Waals surface area (Å²) in [4.78, 5) is 15.6. The largest absolute Gasteiger partial charge is 0.293 e. The minimum Gasteiger partial charge on any atom is -0.293 e. The van der Waals surface area contributed by atoms with E-state index in [0.29, 0.717) is 5.69 Å². The van der Waals surface area contributed by atoms with Crippen molar-refractivity contribution in [3.05, 3.63) is 35.7 Å². The lowest BCUT2D eigenvalue weighted by atomic mass is 10.0. The summed E-state index contributed by atoms with van der Waals surface area (Å²) in [7, 11) is 0. The topological polar surface area (TPSA) is 53.8 Å². The van der Waals surface area contributed by atoms with Crippen LogP contribution in [0.1, 0.15) is 19.5 Å². The Morgan fingerprint density at radius 3 is 2.73 bits per heavy atom. The molecule has 0 aliphatic rings. The number of pyridine rings is 1. The normalized spacial score (nSPS) is 11.2. The van der Waals surface area contributed by atoms with E-state index in [0.717, 1.165) is 0 Å². The maximum Gasteiger partial charge on any atom is 0.175 e. The van der Waals surface area contributed by atoms with E-state index >= 15 is 0 Å². The van der Waals surface area contributed by atoms with Crippen molar-refractivity contribution in [2.24, 2.45) is 5.92 Å². The van der Waals surface area contributed by atoms with Crippen LogP contribution in [-0.2, 0) is 4.79 Å². The molecule has 0 N–H and O–H groups in total. The molecule has 0 aromatic carbocycles. The van der Waals surface area contributed by atoms with E-state index < -0.39 is 0 Å². The molecule has 0 aliphatic heterocycles. The Bertz CT molecular complexity index is 413. The van der Waals surface area contributed by atoms with E-state index in [-0.39, 0.29) is 17.3 Å². The van der Waals surface area contributed by atoms with Gasteiger partial charge >= 0.3 is 0 Å². The number of carbonyl (C=O) groups is 1. The van der Waals surface area contributed by atoms with E-state index in [1.807, 2.05) is 12.1 Å². The average Bonchev–Trinajstić information content (AvgIpc) is 2.26. The number of carbonyl (C=O) groups excluding carboxylic acids is 1. The maximum atomic E-state index is 11.6. The number of Topliss-reactive ketones (excluding diaryl/α,β-unsaturated/α-hetero) is 1. The summed E-state index contributed by atoms with van der Waals surface area (Å²) >= 11 is 0. The zero-order valence-corrected chi connectivity index (χ0v) is 8.77. The van der Waals surface area contributed by atoms with Crippen LogP contribution in [0, 0.1) is 17.2 Å². The van der Waals surface area contributed by atoms with Crippen LogP contribution in [-0.4, -0.2) is 10.8 Å². The monoisotopic (exact) mass is 200 g/mol. The zero-order valence-electron chi connectivity index (χ0n) is 8.77. The molecule has 3 nitrogen and oxygen atoms in total. The Morgan fingerprint density at radius 1 is 1.53 bits per heavy atom. The van der Waals surface area contributed by atoms with E-state index in [2.05, 4.69) is 4.98 Å². The standard InChI is InChI=1S/C12H12N2O/c1-9(2)12(15)10(8-13)7-11-5-3-4-6-14-11/h3-7,9H,1-2H3/b10-7+. The van der Waals surface area contributed by atoms with Gasteiger partial charge in [-0.2, -0.15) is 5.26 Å². The van der Waals surface area contributed by atoms with Crippen molar-refractivity contribution >= 4 is 11.9 Å². The number of nitriles is 1. The number of hydrogen-bond acceptors (Lipinski definition) is 3. The molecule has 0 aliphatic carbocycles. The number of aromatic nitrogens is 1. The summed E-state index contributed by atoms with van der Waals surface area (Å²) in [6, 6.07) is 7.26. The molecule has 0 radical (unpaired) electrons. The number of rotatable bonds is 3. The Labute approximate surface area is 89.1 Å². The Kier molecular flexibility index (Phi) is 3.75. The van der Waals surface area contributed by atoms with Crippen LogP contribution >= 0.6 is 0 Å². The molecule has 76 valence electrons. The van der Waals surface area contributed by atoms with Crippen molar-refractivity contribution in [1.82, 2.24) is 4.98 Å². The highest BCUT2D eigenvalue weighted by Gasteiger charge is 2.13. The van der Waals surface area contributed by atoms with Crippen molar-refractivity contribution in [2.45, 2.75) is 13.8 Å². The van der Waals surface area contributed by atoms with Gasteiger partial charge in [0.25, 0.3) is 0 Å². The summed E-state index contributed by atoms with van der Waals surface area (Å²) in [5.41, 5.74) is 0.784. The van der Waals surface area contributed by atoms with Gasteiger partial charge in [0.05, 0.1) is 11.3 Å². The second kappa shape index (κ2) is 5.06. The van der Waals surface area contributed by atoms with Gasteiger partial charge in [-0.15, -0.1) is 0 Å². The lowest BCUT2D eigenvalue weighted by molar-refractivity contribution is -0.117. The first-order chi connectivity index (χ1) is 7.15. The molecular formula is C12H12N2O. The smallest absolute Gasteiger partial charge is 0.175 e. The molecule has 0 saturated heterocycles. The average molecular weight is 200 g/mol. The Morgan fingerprint density at radius 2 is 2.27 bits per heavy atom. The van der Waals surface area contributed by atoms with Crippen molar-refractivity contribution in [1.29, 1.82) is 5.26 Å². The van der Waals surface area contributed by atoms with Crippen molar-refractivity contribution in [3.63, 3.8) is 0 Å². The van der Waals surface area contributed by atoms with Crippen LogP contribution in [0.15, 0.2) is 30.0 Å². The number of ketones is 1. The van der Waals surface area contributed by atoms with Gasteiger partial charge in [-0.3, -0.25) is 9.78 Å². The molecule has 0 atom stereocenters. The summed E-state index contributed by atoms with van der Waals surface area (Å²) in [5, 5.41) is 8.84. The molecule has 1 aromatic heterocycles. The van der Waals surface area contributed by atoms with Gasteiger partial charge in [0.15, 0.2) is 5.78 Å². The number of hydrogen-bond donors (Lipinski definition) is 0. The van der Waals surface area contributed by atoms with Gasteiger partial charge in [0.1, 0.15) is 6.07 Å². The number of allylic oxidation sites excluding steroid dienone is 1. The van der Waals surface area contributed by atoms with Crippen LogP contribution in [0.4, 0.5) is 0 Å². The van der Waals surface area contributed by atoms with Crippen molar-refractivity contribution in [2.75, 3.05) is 0 Å². The third kappa shape index (κ3) is 3.03. The van der Waals surface area contributed by atoms with Crippen molar-refractivity contribution < 1.29 is 4.79 Å². The highest BCUT2D eigenvalue weighted by molar-refractivity contribution is 6.04. The molecule has 0 amide bonds. The van der Waals surface area contributed by atoms with Gasteiger partial charge in [-0.1, -0.05) is 19.9 Å². The quantitative estimate of drug-likeness (QED) is 0.555. The second-order valence-electron chi connectivity index (χ2n) is 3.44. The third-order valence-electron chi connectivity index (χ3n) is 1.89. The molecule has 3 heteroatoms. The lowest BCUT2D eigenvalue weighted by Gasteiger charge is -2.01. The molecule has 1 rings (SSSR count). The Hall–Kier alpha value is -1.95. The Balaban J connectivity index is 3.00. The summed E-state index contributed by atoms with van der Waals surface area (Å²) in [5.74, 6) is -0.317. The molecule has 0 unspecified atom stereocenters. The highest BCUT2D eigenvalue weighted by atomic mass is 16.1. The fourth-order valence-electron chi connectivity index (χ4n) is 1.08. The molecule has 0 bridgehead atoms. The van der Waals surface area contributed by atoms with Gasteiger partial charge < -0.3 is 0 Å². The maximum absolute atomic E-state index is 11.6. The van der Waals surface area contributed by atoms with Crippen LogP contribution in [0.25, 0.3) is 6.08 Å². The first-order valence-corrected chi connectivity index (χ1v) is 4.72. The summed E-state index contributed by atoms with van der Waals surface area (Å²) in [6.45, 7) is 3.54. The predicted octanol–water partition coefficient (Wildman–Crippen LogP) is 2.21. The molecule has 0 spiro atoms. The molecule has 0 saturated carbocycles. The molecule has 1 aromatic rings. The fraction of sp³-hybridized carbons (Fsp3) is 0.250. The highest BCUT2D eigenvalue weighted by Crippen LogP contribution is 2.09. The second-order valence-corrected chi connectivity index (χ2v) is 3.44. The van der Waals surface area contributed by atoms with Gasteiger partial charge in [0.2, 0.25) is 0 Å². The SMILES string of the molecule is CC(C)C(=O)/C(C#N)=C/c1ccccn1. The van der Waals surface area contributed by atoms with Crippen LogP contribution in [0.5, 0.6) is 0 Å². The van der Waals surface area contributed by atoms with E-state index in [1.165, 1.54) is 6.08 Å². The summed E-state index contributed by atoms with van der Waals surface area (Å²) in [6.07, 6.45) is 3.14. The van der Waals surface area contributed by atoms with Gasteiger partial charge in [-0.25, -0.2) is 0 Å². The molecule has 15 heavy (non-hydrogen) atoms.